The number of nitrogens with one attached hydrogen (secondary N) is 2. The number of amides is 3. The van der Waals surface area contributed by atoms with Crippen molar-refractivity contribution in [3.63, 3.8) is 0 Å². The van der Waals surface area contributed by atoms with Crippen molar-refractivity contribution in [3.8, 4) is 5.75 Å². The van der Waals surface area contributed by atoms with Crippen molar-refractivity contribution < 1.29 is 38.5 Å². The summed E-state index contributed by atoms with van der Waals surface area (Å²) in [5, 5.41) is 25.5. The van der Waals surface area contributed by atoms with Crippen molar-refractivity contribution in [3.05, 3.63) is 94.3 Å². The minimum absolute atomic E-state index is 0.171. The Morgan fingerprint density at radius 1 is 1.02 bits per heavy atom. The number of rotatable bonds is 15. The lowest BCUT2D eigenvalue weighted by atomic mass is 9.85. The van der Waals surface area contributed by atoms with E-state index < -0.39 is 47.0 Å². The molecule has 4 atom stereocenters. The largest absolute Gasteiger partial charge is 0.484 e. The molecule has 2 aliphatic rings. The Morgan fingerprint density at radius 3 is 2.38 bits per heavy atom. The highest BCUT2D eigenvalue weighted by Crippen LogP contribution is 2.46. The van der Waals surface area contributed by atoms with Gasteiger partial charge in [-0.1, -0.05) is 68.0 Å². The van der Waals surface area contributed by atoms with E-state index in [1.807, 2.05) is 13.0 Å². The van der Waals surface area contributed by atoms with Gasteiger partial charge in [-0.15, -0.1) is 11.8 Å². The molecule has 3 aromatic rings. The number of halogens is 2. The molecule has 0 radical (unpaired) electrons. The van der Waals surface area contributed by atoms with E-state index in [2.05, 4.69) is 10.6 Å². The maximum absolute atomic E-state index is 13.7. The van der Waals surface area contributed by atoms with Crippen LogP contribution in [0.15, 0.2) is 66.7 Å². The van der Waals surface area contributed by atoms with E-state index >= 15 is 0 Å². The average Bonchev–Trinajstić information content (AvgIpc) is 3.11. The molecule has 1 saturated heterocycles. The molecule has 0 aromatic heterocycles. The van der Waals surface area contributed by atoms with Crippen molar-refractivity contribution in [1.82, 2.24) is 10.6 Å². The highest BCUT2D eigenvalue weighted by Gasteiger charge is 2.49. The molecule has 3 aromatic carbocycles. The predicted octanol–water partition coefficient (Wildman–Crippen LogP) is 5.75. The monoisotopic (exact) mass is 725 g/mol. The molecule has 13 heteroatoms. The first-order valence-corrected chi connectivity index (χ1v) is 18.1. The molecule has 50 heavy (non-hydrogen) atoms. The van der Waals surface area contributed by atoms with E-state index in [9.17, 15) is 33.8 Å². The molecule has 3 amide bonds. The number of carbonyl (C=O) groups excluding carboxylic acids is 3. The Hall–Kier alpha value is -4.13. The number of aliphatic hydroxyl groups excluding tert-OH is 1. The van der Waals surface area contributed by atoms with Gasteiger partial charge in [0.1, 0.15) is 22.9 Å². The summed E-state index contributed by atoms with van der Waals surface area (Å²) in [6, 6.07) is 16.4. The number of aryl methyl sites for hydroxylation is 1. The van der Waals surface area contributed by atoms with Gasteiger partial charge in [-0.2, -0.15) is 0 Å². The molecule has 1 unspecified atom stereocenters. The van der Waals surface area contributed by atoms with Crippen molar-refractivity contribution in [2.75, 3.05) is 23.8 Å². The zero-order valence-electron chi connectivity index (χ0n) is 27.6. The molecule has 0 bridgehead atoms. The van der Waals surface area contributed by atoms with Gasteiger partial charge in [0.25, 0.3) is 5.91 Å². The first-order valence-electron chi connectivity index (χ1n) is 16.7. The number of carboxylic acids is 1. The third kappa shape index (κ3) is 9.55. The van der Waals surface area contributed by atoms with Crippen molar-refractivity contribution in [1.29, 1.82) is 0 Å². The molecular formula is C37H41ClFN3O7S. The SMILES string of the molecule is Cc1cc(C(O)CS[C@H]2C(=O)N(c3ccc(F)cc3)[C@@H]2c2ccc(OCC(=O)NCC(=O)N[C@H](CC3CCCCC3)C(=O)O)cc2)ccc1Cl. The summed E-state index contributed by atoms with van der Waals surface area (Å²) in [5.74, 6) is -1.93. The minimum atomic E-state index is -1.09. The van der Waals surface area contributed by atoms with E-state index in [0.717, 1.165) is 43.2 Å². The third-order valence-corrected chi connectivity index (χ3v) is 10.9. The second-order valence-corrected chi connectivity index (χ2v) is 14.3. The van der Waals surface area contributed by atoms with Gasteiger partial charge in [-0.05, 0) is 78.4 Å². The highest BCUT2D eigenvalue weighted by molar-refractivity contribution is 8.00. The van der Waals surface area contributed by atoms with Crippen LogP contribution >= 0.6 is 23.4 Å². The third-order valence-electron chi connectivity index (χ3n) is 9.12. The number of nitrogens with zero attached hydrogens (tertiary/aromatic N) is 1. The molecular weight excluding hydrogens is 685 g/mol. The standard InChI is InChI=1S/C37H41ClFN3O7S/c1-22-17-25(9-16-29(22)38)31(43)21-50-35-34(42(36(35)46)27-12-10-26(39)11-13-27)24-7-14-28(15-8-24)49-20-33(45)40-19-32(44)41-30(37(47)48)18-23-5-3-2-4-6-23/h7-17,23,30-31,34-35,43H,2-6,18-21H2,1H3,(H,40,45)(H,41,44)(H,47,48)/t30-,31?,34-,35-/m1/s1. The number of aliphatic carboxylic acids is 1. The second kappa shape index (κ2) is 17.2. The fourth-order valence-electron chi connectivity index (χ4n) is 6.37. The van der Waals surface area contributed by atoms with Crippen LogP contribution in [0.5, 0.6) is 5.75 Å². The molecule has 2 fully saturated rings. The Balaban J connectivity index is 1.16. The van der Waals surface area contributed by atoms with Crippen LogP contribution in [-0.2, 0) is 19.2 Å². The molecule has 1 saturated carbocycles. The fraction of sp³-hybridized carbons (Fsp3) is 0.405. The number of hydrogen-bond donors (Lipinski definition) is 4. The number of hydrogen-bond acceptors (Lipinski definition) is 7. The van der Waals surface area contributed by atoms with Gasteiger partial charge in [-0.3, -0.25) is 14.4 Å². The van der Waals surface area contributed by atoms with Crippen LogP contribution in [0, 0.1) is 18.7 Å². The van der Waals surface area contributed by atoms with E-state index in [0.29, 0.717) is 28.4 Å². The van der Waals surface area contributed by atoms with Crippen molar-refractivity contribution in [2.24, 2.45) is 5.92 Å². The maximum Gasteiger partial charge on any atom is 0.326 e. The van der Waals surface area contributed by atoms with Gasteiger partial charge < -0.3 is 30.5 Å². The fourth-order valence-corrected chi connectivity index (χ4v) is 7.78. The number of thioether (sulfide) groups is 1. The summed E-state index contributed by atoms with van der Waals surface area (Å²) in [6.45, 7) is 1.10. The maximum atomic E-state index is 13.7. The van der Waals surface area contributed by atoms with Crippen molar-refractivity contribution >= 4 is 52.7 Å². The van der Waals surface area contributed by atoms with E-state index in [-0.39, 0.29) is 30.7 Å². The van der Waals surface area contributed by atoms with Gasteiger partial charge in [0.05, 0.1) is 18.7 Å². The van der Waals surface area contributed by atoms with Gasteiger partial charge in [-0.25, -0.2) is 9.18 Å². The molecule has 4 N–H and O–H groups in total. The van der Waals surface area contributed by atoms with Crippen LogP contribution in [-0.4, -0.2) is 64.1 Å². The zero-order chi connectivity index (χ0) is 35.8. The highest BCUT2D eigenvalue weighted by atomic mass is 35.5. The summed E-state index contributed by atoms with van der Waals surface area (Å²) < 4.78 is 19.3. The number of anilines is 1. The van der Waals surface area contributed by atoms with Crippen LogP contribution in [0.4, 0.5) is 10.1 Å². The van der Waals surface area contributed by atoms with Gasteiger partial charge in [0, 0.05) is 16.5 Å². The Morgan fingerprint density at radius 2 is 1.72 bits per heavy atom. The van der Waals surface area contributed by atoms with Crippen molar-refractivity contribution in [2.45, 2.75) is 68.9 Å². The smallest absolute Gasteiger partial charge is 0.326 e. The number of carbonyl (C=O) groups is 4. The Kier molecular flexibility index (Phi) is 12.8. The number of benzene rings is 3. The van der Waals surface area contributed by atoms with Crippen LogP contribution in [0.1, 0.15) is 67.4 Å². The van der Waals surface area contributed by atoms with Crippen LogP contribution < -0.4 is 20.3 Å². The number of carboxylic acid groups (broad SMARTS) is 1. The number of aliphatic hydroxyl groups is 1. The predicted molar refractivity (Wildman–Crippen MR) is 190 cm³/mol. The zero-order valence-corrected chi connectivity index (χ0v) is 29.2. The summed E-state index contributed by atoms with van der Waals surface area (Å²) in [6.07, 6.45) is 4.73. The molecule has 5 rings (SSSR count). The normalized spacial score (nSPS) is 18.9. The number of β-lactam (4-membered cyclic amide) rings is 1. The molecule has 0 spiro atoms. The first-order chi connectivity index (χ1) is 24.0. The van der Waals surface area contributed by atoms with Crippen LogP contribution in [0.2, 0.25) is 5.02 Å². The molecule has 1 aliphatic heterocycles. The second-order valence-electron chi connectivity index (χ2n) is 12.7. The average molecular weight is 726 g/mol. The molecule has 1 heterocycles. The van der Waals surface area contributed by atoms with E-state index in [1.54, 1.807) is 53.4 Å². The lowest BCUT2D eigenvalue weighted by Gasteiger charge is -2.47. The molecule has 10 nitrogen and oxygen atoms in total. The van der Waals surface area contributed by atoms with Gasteiger partial charge in [0.15, 0.2) is 6.61 Å². The summed E-state index contributed by atoms with van der Waals surface area (Å²) in [4.78, 5) is 51.5. The minimum Gasteiger partial charge on any atom is -0.484 e. The van der Waals surface area contributed by atoms with Gasteiger partial charge in [0.2, 0.25) is 11.8 Å². The molecule has 266 valence electrons. The number of ether oxygens (including phenoxy) is 1. The topological polar surface area (TPSA) is 145 Å². The van der Waals surface area contributed by atoms with E-state index in [1.165, 1.54) is 23.9 Å². The van der Waals surface area contributed by atoms with E-state index in [4.69, 9.17) is 16.3 Å². The van der Waals surface area contributed by atoms with Gasteiger partial charge >= 0.3 is 5.97 Å². The van der Waals surface area contributed by atoms with Crippen LogP contribution in [0.25, 0.3) is 0 Å². The molecule has 1 aliphatic carbocycles. The van der Waals surface area contributed by atoms with Crippen LogP contribution in [0.3, 0.4) is 0 Å². The summed E-state index contributed by atoms with van der Waals surface area (Å²) in [7, 11) is 0. The lowest BCUT2D eigenvalue weighted by molar-refractivity contribution is -0.142. The first kappa shape index (κ1) is 37.1. The Bertz CT molecular complexity index is 1670. The lowest BCUT2D eigenvalue weighted by Crippen LogP contribution is -2.57. The summed E-state index contributed by atoms with van der Waals surface area (Å²) >= 11 is 7.47. The quantitative estimate of drug-likeness (QED) is 0.145. The Labute approximate surface area is 299 Å². The summed E-state index contributed by atoms with van der Waals surface area (Å²) in [5.41, 5.74) is 2.85.